The first-order chi connectivity index (χ1) is 19.0. The van der Waals surface area contributed by atoms with Crippen LogP contribution in [0.25, 0.3) is 5.65 Å². The number of carbonyl (C=O) groups is 1. The van der Waals surface area contributed by atoms with Crippen LogP contribution in [-0.2, 0) is 9.53 Å². The number of ether oxygens (including phenoxy) is 1. The third-order valence-corrected chi connectivity index (χ3v) is 14.7. The number of piperidine rings is 1. The maximum absolute atomic E-state index is 14.6. The topological polar surface area (TPSA) is 89.0 Å². The number of amides is 1. The molecule has 0 radical (unpaired) electrons. The molecule has 2 aromatic rings. The summed E-state index contributed by atoms with van der Waals surface area (Å²) >= 11 is 0. The highest BCUT2D eigenvalue weighted by Gasteiger charge is 2.50. The molecule has 0 aliphatic carbocycles. The van der Waals surface area contributed by atoms with Crippen molar-refractivity contribution in [3.05, 3.63) is 23.5 Å². The predicted octanol–water partition coefficient (Wildman–Crippen LogP) is 4.57. The predicted molar refractivity (Wildman–Crippen MR) is 160 cm³/mol. The number of fused-ring (bicyclic) bond motifs is 1. The Bertz CT molecular complexity index is 1160. The van der Waals surface area contributed by atoms with Crippen molar-refractivity contribution in [1.29, 1.82) is 0 Å². The summed E-state index contributed by atoms with van der Waals surface area (Å²) < 4.78 is 7.98. The first-order valence-electron chi connectivity index (χ1n) is 15.4. The Kier molecular flexibility index (Phi) is 8.11. The number of rotatable bonds is 4. The average molecular weight is 557 g/mol. The third-order valence-electron chi connectivity index (χ3n) is 9.86. The molecule has 4 saturated heterocycles. The number of nitrogens with two attached hydrogens (primary N) is 1. The molecular weight excluding hydrogens is 508 g/mol. The Labute approximate surface area is 235 Å². The van der Waals surface area contributed by atoms with E-state index in [1.54, 1.807) is 0 Å². The zero-order chi connectivity index (χ0) is 27.0. The van der Waals surface area contributed by atoms with Gasteiger partial charge in [-0.1, -0.05) is 25.7 Å². The van der Waals surface area contributed by atoms with Crippen LogP contribution in [0, 0.1) is 6.92 Å². The first kappa shape index (κ1) is 27.3. The van der Waals surface area contributed by atoms with Gasteiger partial charge in [-0.25, -0.2) is 19.5 Å². The van der Waals surface area contributed by atoms with Crippen LogP contribution < -0.4 is 10.6 Å². The number of hydrogen-bond acceptors (Lipinski definition) is 6. The van der Waals surface area contributed by atoms with E-state index in [0.717, 1.165) is 74.5 Å². The van der Waals surface area contributed by atoms with Crippen LogP contribution >= 0.6 is 10.0 Å². The van der Waals surface area contributed by atoms with E-state index in [-0.39, 0.29) is 23.4 Å². The number of likely N-dealkylation sites (tertiary alicyclic amines) is 1. The lowest BCUT2D eigenvalue weighted by molar-refractivity contribution is -0.136. The smallest absolute Gasteiger partial charge is 0.237 e. The van der Waals surface area contributed by atoms with Gasteiger partial charge in [-0.3, -0.25) is 4.79 Å². The molecular formula is C30H48N6O2S. The molecule has 2 aromatic heterocycles. The minimum atomic E-state index is -1.02. The van der Waals surface area contributed by atoms with E-state index in [0.29, 0.717) is 5.91 Å². The van der Waals surface area contributed by atoms with Crippen molar-refractivity contribution >= 4 is 27.4 Å². The zero-order valence-corrected chi connectivity index (χ0v) is 24.8. The second-order valence-electron chi connectivity index (χ2n) is 12.5. The number of hydrogen-bond donors (Lipinski definition) is 1. The van der Waals surface area contributed by atoms with Crippen LogP contribution in [0.1, 0.15) is 87.9 Å². The molecule has 1 spiro atoms. The van der Waals surface area contributed by atoms with E-state index in [2.05, 4.69) is 29.0 Å². The standard InChI is InChI=1S/C30H48N6O2S/c1-22-20-36-27(32-29(22)34-15-12-23(31)21-34)19-24(33-36)25-11-7-8-14-35(25)30(37)28-26(38-2)13-18-39(28)16-9-5-3-4-6-10-17-39/h19-20,23,25-26,28H,3-18,21,31H2,1-2H3/t23-,25-,26?,28?/m0/s1. The Morgan fingerprint density at radius 1 is 1.00 bits per heavy atom. The van der Waals surface area contributed by atoms with Crippen molar-refractivity contribution in [3.8, 4) is 0 Å². The molecule has 1 amide bonds. The van der Waals surface area contributed by atoms with Gasteiger partial charge in [0.25, 0.3) is 0 Å². The van der Waals surface area contributed by atoms with Gasteiger partial charge < -0.3 is 20.3 Å². The molecule has 4 atom stereocenters. The van der Waals surface area contributed by atoms with Crippen LogP contribution in [0.15, 0.2) is 12.3 Å². The van der Waals surface area contributed by atoms with Crippen molar-refractivity contribution < 1.29 is 9.53 Å². The van der Waals surface area contributed by atoms with E-state index in [1.807, 2.05) is 11.6 Å². The highest BCUT2D eigenvalue weighted by atomic mass is 32.3. The molecule has 9 heteroatoms. The van der Waals surface area contributed by atoms with E-state index >= 15 is 0 Å². The lowest BCUT2D eigenvalue weighted by Gasteiger charge is -2.46. The minimum absolute atomic E-state index is 0.0165. The van der Waals surface area contributed by atoms with Crippen molar-refractivity contribution in [1.82, 2.24) is 19.5 Å². The second kappa shape index (κ2) is 11.6. The van der Waals surface area contributed by atoms with E-state index < -0.39 is 10.0 Å². The van der Waals surface area contributed by atoms with E-state index in [4.69, 9.17) is 20.6 Å². The number of aromatic nitrogens is 3. The van der Waals surface area contributed by atoms with Crippen LogP contribution in [0.4, 0.5) is 5.82 Å². The number of nitrogens with zero attached hydrogens (tertiary/aromatic N) is 5. The summed E-state index contributed by atoms with van der Waals surface area (Å²) in [5.74, 6) is 5.08. The van der Waals surface area contributed by atoms with Crippen molar-refractivity contribution in [2.75, 3.05) is 48.9 Å². The maximum Gasteiger partial charge on any atom is 0.237 e. The Morgan fingerprint density at radius 3 is 2.49 bits per heavy atom. The summed E-state index contributed by atoms with van der Waals surface area (Å²) in [4.78, 5) is 24.2. The van der Waals surface area contributed by atoms with Crippen LogP contribution in [-0.4, -0.2) is 86.8 Å². The molecule has 4 aliphatic rings. The average Bonchev–Trinajstić information content (AvgIpc) is 3.67. The molecule has 6 rings (SSSR count). The molecule has 216 valence electrons. The van der Waals surface area contributed by atoms with Gasteiger partial charge in [0.1, 0.15) is 5.82 Å². The fourth-order valence-corrected chi connectivity index (χ4v) is 12.8. The van der Waals surface area contributed by atoms with Crippen molar-refractivity contribution in [2.45, 2.75) is 101 Å². The van der Waals surface area contributed by atoms with Gasteiger partial charge in [0, 0.05) is 50.6 Å². The molecule has 0 saturated carbocycles. The maximum atomic E-state index is 14.6. The van der Waals surface area contributed by atoms with Crippen LogP contribution in [0.3, 0.4) is 0 Å². The quantitative estimate of drug-likeness (QED) is 0.593. The number of methoxy groups -OCH3 is 1. The van der Waals surface area contributed by atoms with Gasteiger partial charge >= 0.3 is 0 Å². The minimum Gasteiger partial charge on any atom is -0.380 e. The van der Waals surface area contributed by atoms with Gasteiger partial charge in [-0.05, 0) is 69.1 Å². The molecule has 4 aliphatic heterocycles. The normalized spacial score (nSPS) is 30.8. The fraction of sp³-hybridized carbons (Fsp3) is 0.767. The van der Waals surface area contributed by atoms with Crippen LogP contribution in [0.5, 0.6) is 0 Å². The number of aryl methyl sites for hydroxylation is 1. The SMILES string of the molecule is COC1CCS2(CCCCCCCC2)C1C(=O)N1CCCC[C@H]1c1cc2nc(N3CC[C@H](N)C3)c(C)cn2n1. The monoisotopic (exact) mass is 556 g/mol. The summed E-state index contributed by atoms with van der Waals surface area (Å²) in [5.41, 5.74) is 9.14. The molecule has 2 unspecified atom stereocenters. The first-order valence-corrected chi connectivity index (χ1v) is 17.7. The second-order valence-corrected chi connectivity index (χ2v) is 16.4. The zero-order valence-electron chi connectivity index (χ0n) is 24.0. The lowest BCUT2D eigenvalue weighted by Crippen LogP contribution is -2.49. The van der Waals surface area contributed by atoms with Gasteiger partial charge in [0.05, 0.1) is 23.1 Å². The Morgan fingerprint density at radius 2 is 1.77 bits per heavy atom. The molecule has 8 nitrogen and oxygen atoms in total. The summed E-state index contributed by atoms with van der Waals surface area (Å²) in [5, 5.41) is 5.06. The molecule has 0 bridgehead atoms. The molecule has 4 fully saturated rings. The Balaban J connectivity index is 1.30. The van der Waals surface area contributed by atoms with Crippen molar-refractivity contribution in [3.63, 3.8) is 0 Å². The molecule has 0 aromatic carbocycles. The summed E-state index contributed by atoms with van der Waals surface area (Å²) in [6.07, 6.45) is 15.3. The van der Waals surface area contributed by atoms with Gasteiger partial charge in [0.15, 0.2) is 5.65 Å². The molecule has 6 heterocycles. The van der Waals surface area contributed by atoms with Gasteiger partial charge in [0.2, 0.25) is 5.91 Å². The highest BCUT2D eigenvalue weighted by Crippen LogP contribution is 2.62. The highest BCUT2D eigenvalue weighted by molar-refractivity contribution is 8.34. The summed E-state index contributed by atoms with van der Waals surface area (Å²) in [6, 6.07) is 2.35. The van der Waals surface area contributed by atoms with E-state index in [9.17, 15) is 4.79 Å². The largest absolute Gasteiger partial charge is 0.380 e. The van der Waals surface area contributed by atoms with Crippen molar-refractivity contribution in [2.24, 2.45) is 5.73 Å². The molecule has 39 heavy (non-hydrogen) atoms. The number of carbonyl (C=O) groups excluding carboxylic acids is 1. The molecule has 2 N–H and O–H groups in total. The van der Waals surface area contributed by atoms with Crippen LogP contribution in [0.2, 0.25) is 0 Å². The third kappa shape index (κ3) is 5.31. The summed E-state index contributed by atoms with van der Waals surface area (Å²) in [6.45, 7) is 4.72. The fourth-order valence-electron chi connectivity index (χ4n) is 7.76. The van der Waals surface area contributed by atoms with Gasteiger partial charge in [-0.2, -0.15) is 5.10 Å². The lowest BCUT2D eigenvalue weighted by atomic mass is 9.98. The Hall–Kier alpha value is -1.84. The van der Waals surface area contributed by atoms with E-state index in [1.165, 1.54) is 55.8 Å². The van der Waals surface area contributed by atoms with Gasteiger partial charge in [-0.15, -0.1) is 0 Å². The number of anilines is 1. The summed E-state index contributed by atoms with van der Waals surface area (Å²) in [7, 11) is 0.805.